The lowest BCUT2D eigenvalue weighted by molar-refractivity contribution is -0.116. The van der Waals surface area contributed by atoms with Crippen LogP contribution in [0.1, 0.15) is 23.0 Å². The van der Waals surface area contributed by atoms with Gasteiger partial charge in [-0.05, 0) is 55.5 Å². The predicted octanol–water partition coefficient (Wildman–Crippen LogP) is 2.65. The van der Waals surface area contributed by atoms with Gasteiger partial charge in [-0.15, -0.1) is 0 Å². The molecule has 0 saturated carbocycles. The molecule has 156 valence electrons. The number of hydrogen-bond acceptors (Lipinski definition) is 5. The van der Waals surface area contributed by atoms with Crippen molar-refractivity contribution >= 4 is 28.3 Å². The van der Waals surface area contributed by atoms with Crippen LogP contribution >= 0.6 is 0 Å². The van der Waals surface area contributed by atoms with Crippen LogP contribution in [0, 0.1) is 0 Å². The number of ketones is 1. The van der Waals surface area contributed by atoms with E-state index in [9.17, 15) is 19.2 Å². The van der Waals surface area contributed by atoms with E-state index in [1.807, 2.05) is 0 Å². The van der Waals surface area contributed by atoms with E-state index in [0.717, 1.165) is 4.57 Å². The lowest BCUT2D eigenvalue weighted by atomic mass is 10.1. The van der Waals surface area contributed by atoms with E-state index in [1.165, 1.54) is 17.8 Å². The Kier molecular flexibility index (Phi) is 5.36. The minimum Gasteiger partial charge on any atom is -0.467 e. The summed E-state index contributed by atoms with van der Waals surface area (Å²) in [6.45, 7) is 1.14. The van der Waals surface area contributed by atoms with E-state index in [1.54, 1.807) is 60.7 Å². The molecule has 4 rings (SSSR count). The molecule has 0 fully saturated rings. The zero-order chi connectivity index (χ0) is 22.0. The number of carbonyl (C=O) groups is 2. The van der Waals surface area contributed by atoms with Crippen molar-refractivity contribution in [1.82, 2.24) is 9.13 Å². The van der Waals surface area contributed by atoms with Crippen molar-refractivity contribution in [2.75, 3.05) is 5.32 Å². The number of para-hydroxylation sites is 1. The Hall–Kier alpha value is -4.20. The van der Waals surface area contributed by atoms with Gasteiger partial charge in [0, 0.05) is 11.3 Å². The molecule has 0 bridgehead atoms. The van der Waals surface area contributed by atoms with Crippen LogP contribution in [0.15, 0.2) is 80.9 Å². The van der Waals surface area contributed by atoms with Crippen LogP contribution < -0.4 is 16.6 Å². The number of carbonyl (C=O) groups excluding carboxylic acids is 2. The van der Waals surface area contributed by atoms with Gasteiger partial charge in [0.25, 0.3) is 5.56 Å². The minimum atomic E-state index is -0.609. The zero-order valence-corrected chi connectivity index (χ0v) is 16.7. The Balaban J connectivity index is 1.69. The molecule has 0 atom stereocenters. The fourth-order valence-corrected chi connectivity index (χ4v) is 3.35. The first-order valence-corrected chi connectivity index (χ1v) is 9.59. The summed E-state index contributed by atoms with van der Waals surface area (Å²) in [4.78, 5) is 50.0. The standard InChI is InChI=1S/C23H19N3O5/c1-15(27)16-8-10-17(11-9-16)24-21(28)14-25-20-7-3-2-6-19(20)22(29)26(23(25)30)13-18-5-4-12-31-18/h2-12H,13-14H2,1H3,(H,24,28). The van der Waals surface area contributed by atoms with Crippen molar-refractivity contribution in [2.24, 2.45) is 0 Å². The molecule has 1 N–H and O–H groups in total. The second kappa shape index (κ2) is 8.27. The van der Waals surface area contributed by atoms with Gasteiger partial charge in [-0.3, -0.25) is 23.5 Å². The summed E-state index contributed by atoms with van der Waals surface area (Å²) in [5.74, 6) is -0.0585. The van der Waals surface area contributed by atoms with Crippen molar-refractivity contribution in [3.8, 4) is 0 Å². The molecule has 8 heteroatoms. The third-order valence-electron chi connectivity index (χ3n) is 4.90. The van der Waals surface area contributed by atoms with Crippen molar-refractivity contribution in [1.29, 1.82) is 0 Å². The fraction of sp³-hybridized carbons (Fsp3) is 0.130. The molecule has 31 heavy (non-hydrogen) atoms. The maximum absolute atomic E-state index is 13.1. The number of fused-ring (bicyclic) bond motifs is 1. The number of rotatable bonds is 6. The first-order valence-electron chi connectivity index (χ1n) is 9.59. The Morgan fingerprint density at radius 3 is 2.35 bits per heavy atom. The average Bonchev–Trinajstić information content (AvgIpc) is 3.28. The second-order valence-corrected chi connectivity index (χ2v) is 7.04. The summed E-state index contributed by atoms with van der Waals surface area (Å²) < 4.78 is 7.59. The number of nitrogens with one attached hydrogen (secondary N) is 1. The number of benzene rings is 2. The predicted molar refractivity (Wildman–Crippen MR) is 115 cm³/mol. The molecule has 1 amide bonds. The Morgan fingerprint density at radius 2 is 1.68 bits per heavy atom. The highest BCUT2D eigenvalue weighted by molar-refractivity contribution is 5.95. The van der Waals surface area contributed by atoms with Gasteiger partial charge in [0.05, 0.1) is 23.7 Å². The molecule has 2 aromatic carbocycles. The molecule has 0 radical (unpaired) electrons. The van der Waals surface area contributed by atoms with Crippen molar-refractivity contribution in [3.63, 3.8) is 0 Å². The van der Waals surface area contributed by atoms with Gasteiger partial charge >= 0.3 is 5.69 Å². The van der Waals surface area contributed by atoms with Gasteiger partial charge in [0.2, 0.25) is 5.91 Å². The van der Waals surface area contributed by atoms with Crippen LogP contribution in [-0.4, -0.2) is 20.8 Å². The zero-order valence-electron chi connectivity index (χ0n) is 16.7. The number of Topliss-reactive ketones (excluding diaryl/α,β-unsaturated/α-hetero) is 1. The topological polar surface area (TPSA) is 103 Å². The first-order chi connectivity index (χ1) is 14.9. The summed E-state index contributed by atoms with van der Waals surface area (Å²) in [6.07, 6.45) is 1.46. The number of furan rings is 1. The van der Waals surface area contributed by atoms with Crippen LogP contribution in [-0.2, 0) is 17.9 Å². The number of aromatic nitrogens is 2. The summed E-state index contributed by atoms with van der Waals surface area (Å²) in [6, 6.07) is 16.5. The van der Waals surface area contributed by atoms with E-state index in [4.69, 9.17) is 4.42 Å². The fourth-order valence-electron chi connectivity index (χ4n) is 3.35. The lowest BCUT2D eigenvalue weighted by Gasteiger charge is -2.14. The molecule has 2 aromatic heterocycles. The number of hydrogen-bond donors (Lipinski definition) is 1. The molecule has 0 aliphatic carbocycles. The van der Waals surface area contributed by atoms with Gasteiger partial charge in [0.15, 0.2) is 5.78 Å². The highest BCUT2D eigenvalue weighted by atomic mass is 16.3. The number of nitrogens with zero attached hydrogens (tertiary/aromatic N) is 2. The summed E-state index contributed by atoms with van der Waals surface area (Å²) in [5, 5.41) is 3.04. The van der Waals surface area contributed by atoms with E-state index < -0.39 is 17.2 Å². The summed E-state index contributed by atoms with van der Waals surface area (Å²) >= 11 is 0. The SMILES string of the molecule is CC(=O)c1ccc(NC(=O)Cn2c(=O)n(Cc3ccco3)c(=O)c3ccccc32)cc1. The van der Waals surface area contributed by atoms with Crippen LogP contribution in [0.5, 0.6) is 0 Å². The van der Waals surface area contributed by atoms with Crippen molar-refractivity contribution < 1.29 is 14.0 Å². The van der Waals surface area contributed by atoms with E-state index in [2.05, 4.69) is 5.32 Å². The molecule has 0 spiro atoms. The van der Waals surface area contributed by atoms with E-state index >= 15 is 0 Å². The largest absolute Gasteiger partial charge is 0.467 e. The molecular formula is C23H19N3O5. The van der Waals surface area contributed by atoms with Crippen molar-refractivity contribution in [3.05, 3.63) is 99.1 Å². The van der Waals surface area contributed by atoms with Crippen LogP contribution in [0.25, 0.3) is 10.9 Å². The Labute approximate surface area is 176 Å². The molecule has 0 aliphatic heterocycles. The van der Waals surface area contributed by atoms with Gasteiger partial charge in [0.1, 0.15) is 12.3 Å². The summed E-state index contributed by atoms with van der Waals surface area (Å²) in [7, 11) is 0. The van der Waals surface area contributed by atoms with Crippen LogP contribution in [0.3, 0.4) is 0 Å². The monoisotopic (exact) mass is 417 g/mol. The Morgan fingerprint density at radius 1 is 0.935 bits per heavy atom. The van der Waals surface area contributed by atoms with E-state index in [-0.39, 0.29) is 18.9 Å². The highest BCUT2D eigenvalue weighted by Gasteiger charge is 2.16. The minimum absolute atomic E-state index is 0.0381. The molecule has 0 unspecified atom stereocenters. The smallest absolute Gasteiger partial charge is 0.332 e. The summed E-state index contributed by atoms with van der Waals surface area (Å²) in [5.41, 5.74) is 0.340. The van der Waals surface area contributed by atoms with Gasteiger partial charge < -0.3 is 9.73 Å². The third-order valence-corrected chi connectivity index (χ3v) is 4.90. The third kappa shape index (κ3) is 4.09. The van der Waals surface area contributed by atoms with Gasteiger partial charge in [-0.2, -0.15) is 0 Å². The molecule has 0 saturated heterocycles. The van der Waals surface area contributed by atoms with Crippen LogP contribution in [0.4, 0.5) is 5.69 Å². The molecule has 4 aromatic rings. The number of anilines is 1. The van der Waals surface area contributed by atoms with Gasteiger partial charge in [-0.1, -0.05) is 12.1 Å². The van der Waals surface area contributed by atoms with Gasteiger partial charge in [-0.25, -0.2) is 4.79 Å². The first kappa shape index (κ1) is 20.1. The second-order valence-electron chi connectivity index (χ2n) is 7.04. The normalized spacial score (nSPS) is 10.9. The van der Waals surface area contributed by atoms with Crippen LogP contribution in [0.2, 0.25) is 0 Å². The average molecular weight is 417 g/mol. The highest BCUT2D eigenvalue weighted by Crippen LogP contribution is 2.12. The van der Waals surface area contributed by atoms with Crippen molar-refractivity contribution in [2.45, 2.75) is 20.0 Å². The number of amides is 1. The maximum Gasteiger partial charge on any atom is 0.332 e. The maximum atomic E-state index is 13.1. The van der Waals surface area contributed by atoms with E-state index in [0.29, 0.717) is 27.9 Å². The molecular weight excluding hydrogens is 398 g/mol. The molecule has 8 nitrogen and oxygen atoms in total. The molecule has 2 heterocycles. The Bertz CT molecular complexity index is 1380. The molecule has 0 aliphatic rings. The lowest BCUT2D eigenvalue weighted by Crippen LogP contribution is -2.42. The quantitative estimate of drug-likeness (QED) is 0.486.